The van der Waals surface area contributed by atoms with Crippen molar-refractivity contribution >= 4 is 10.0 Å². The van der Waals surface area contributed by atoms with Crippen molar-refractivity contribution in [1.29, 1.82) is 0 Å². The molecule has 1 aromatic rings. The summed E-state index contributed by atoms with van der Waals surface area (Å²) in [7, 11) is -3.05. The first kappa shape index (κ1) is 21.2. The number of sulfonamides is 1. The molecule has 2 heterocycles. The molecule has 0 radical (unpaired) electrons. The molecule has 3 fully saturated rings. The molecule has 1 aliphatic carbocycles. The highest BCUT2D eigenvalue weighted by Crippen LogP contribution is 2.51. The van der Waals surface area contributed by atoms with Crippen LogP contribution in [0.25, 0.3) is 0 Å². The fourth-order valence-electron chi connectivity index (χ4n) is 4.99. The van der Waals surface area contributed by atoms with E-state index in [2.05, 4.69) is 40.1 Å². The van der Waals surface area contributed by atoms with Gasteiger partial charge in [-0.05, 0) is 29.7 Å². The van der Waals surface area contributed by atoms with Crippen LogP contribution in [0.4, 0.5) is 0 Å². The highest BCUT2D eigenvalue weighted by Gasteiger charge is 2.55. The number of ether oxygens (including phenoxy) is 1. The highest BCUT2D eigenvalue weighted by molar-refractivity contribution is 7.89. The van der Waals surface area contributed by atoms with Crippen LogP contribution in [0.3, 0.4) is 0 Å². The van der Waals surface area contributed by atoms with E-state index >= 15 is 0 Å². The van der Waals surface area contributed by atoms with Gasteiger partial charge < -0.3 is 4.74 Å². The summed E-state index contributed by atoms with van der Waals surface area (Å²) in [5, 5.41) is 0. The lowest BCUT2D eigenvalue weighted by atomic mass is 10.2. The Kier molecular flexibility index (Phi) is 6.91. The topological polar surface area (TPSA) is 53.1 Å². The fourth-order valence-corrected chi connectivity index (χ4v) is 6.48. The third-order valence-corrected chi connectivity index (χ3v) is 8.82. The second kappa shape index (κ2) is 9.43. The van der Waals surface area contributed by atoms with E-state index in [0.717, 1.165) is 57.1 Å². The molecular weight excluding hydrogens is 386 g/mol. The summed E-state index contributed by atoms with van der Waals surface area (Å²) in [6.45, 7) is 10.8. The fraction of sp³-hybridized carbons (Fsp3) is 0.727. The van der Waals surface area contributed by atoms with Crippen LogP contribution in [0, 0.1) is 17.8 Å². The number of hydrogen-bond acceptors (Lipinski definition) is 5. The van der Waals surface area contributed by atoms with Gasteiger partial charge in [-0.25, -0.2) is 8.42 Å². The maximum absolute atomic E-state index is 12.1. The number of likely N-dealkylation sites (tertiary alicyclic amines) is 1. The summed E-state index contributed by atoms with van der Waals surface area (Å²) in [5.74, 6) is 2.66. The molecule has 2 saturated heterocycles. The monoisotopic (exact) mass is 421 g/mol. The molecule has 1 saturated carbocycles. The number of nitrogens with zero attached hydrogens (tertiary/aromatic N) is 3. The first-order valence-corrected chi connectivity index (χ1v) is 12.7. The molecule has 2 unspecified atom stereocenters. The second-order valence-electron chi connectivity index (χ2n) is 8.80. The number of fused-ring (bicyclic) bond motifs is 1. The number of rotatable bonds is 10. The van der Waals surface area contributed by atoms with Gasteiger partial charge in [-0.15, -0.1) is 0 Å². The van der Waals surface area contributed by atoms with Crippen molar-refractivity contribution in [3.8, 4) is 0 Å². The van der Waals surface area contributed by atoms with E-state index in [0.29, 0.717) is 19.5 Å². The van der Waals surface area contributed by atoms with E-state index in [-0.39, 0.29) is 5.75 Å². The van der Waals surface area contributed by atoms with E-state index in [9.17, 15) is 8.42 Å². The second-order valence-corrected chi connectivity index (χ2v) is 10.9. The van der Waals surface area contributed by atoms with E-state index in [1.54, 1.807) is 4.31 Å². The summed E-state index contributed by atoms with van der Waals surface area (Å²) < 4.78 is 31.9. The molecular formula is C22H35N3O3S. The van der Waals surface area contributed by atoms with Gasteiger partial charge in [-0.1, -0.05) is 37.3 Å². The quantitative estimate of drug-likeness (QED) is 0.539. The Morgan fingerprint density at radius 1 is 1.00 bits per heavy atom. The van der Waals surface area contributed by atoms with Crippen LogP contribution in [0.5, 0.6) is 0 Å². The number of piperazine rings is 1. The molecule has 0 bridgehead atoms. The zero-order valence-electron chi connectivity index (χ0n) is 17.6. The molecule has 0 N–H and O–H groups in total. The molecule has 162 valence electrons. The predicted octanol–water partition coefficient (Wildman–Crippen LogP) is 1.74. The molecule has 7 heteroatoms. The largest absolute Gasteiger partial charge is 0.380 e. The predicted molar refractivity (Wildman–Crippen MR) is 115 cm³/mol. The van der Waals surface area contributed by atoms with E-state index in [1.165, 1.54) is 18.7 Å². The first-order chi connectivity index (χ1) is 14.1. The van der Waals surface area contributed by atoms with Gasteiger partial charge in [0, 0.05) is 52.4 Å². The van der Waals surface area contributed by atoms with Crippen molar-refractivity contribution in [3.05, 3.63) is 35.9 Å². The molecule has 0 aromatic heterocycles. The highest BCUT2D eigenvalue weighted by atomic mass is 32.2. The molecule has 3 aliphatic rings. The minimum absolute atomic E-state index is 0.266. The Labute approximate surface area is 175 Å². The van der Waals surface area contributed by atoms with Crippen LogP contribution in [-0.4, -0.2) is 87.3 Å². The lowest BCUT2D eigenvalue weighted by molar-refractivity contribution is 0.0761. The van der Waals surface area contributed by atoms with Gasteiger partial charge in [0.1, 0.15) is 0 Å². The van der Waals surface area contributed by atoms with Gasteiger partial charge in [-0.3, -0.25) is 9.80 Å². The molecule has 6 nitrogen and oxygen atoms in total. The standard InChI is InChI=1S/C22H35N3O3S/c1-2-14-29(26,27)25-10-8-23(9-11-25)12-13-28-18-22-20-16-24(17-21(20)22)15-19-6-4-3-5-7-19/h3-7,20-22H,2,8-18H2,1H3. The summed E-state index contributed by atoms with van der Waals surface area (Å²) in [6.07, 6.45) is 0.684. The van der Waals surface area contributed by atoms with Crippen molar-refractivity contribution in [2.75, 3.05) is 64.8 Å². The van der Waals surface area contributed by atoms with Crippen LogP contribution in [0.2, 0.25) is 0 Å². The third-order valence-electron chi connectivity index (χ3n) is 6.74. The molecule has 29 heavy (non-hydrogen) atoms. The molecule has 4 rings (SSSR count). The van der Waals surface area contributed by atoms with Crippen molar-refractivity contribution in [2.45, 2.75) is 19.9 Å². The van der Waals surface area contributed by atoms with Gasteiger partial charge >= 0.3 is 0 Å². The molecule has 2 aliphatic heterocycles. The SMILES string of the molecule is CCCS(=O)(=O)N1CCN(CCOCC2C3CN(Cc4ccccc4)CC23)CC1. The van der Waals surface area contributed by atoms with Gasteiger partial charge in [0.2, 0.25) is 10.0 Å². The van der Waals surface area contributed by atoms with Gasteiger partial charge in [0.05, 0.1) is 19.0 Å². The zero-order chi connectivity index (χ0) is 20.3. The maximum atomic E-state index is 12.1. The summed E-state index contributed by atoms with van der Waals surface area (Å²) in [4.78, 5) is 4.90. The maximum Gasteiger partial charge on any atom is 0.214 e. The third kappa shape index (κ3) is 5.39. The summed E-state index contributed by atoms with van der Waals surface area (Å²) >= 11 is 0. The number of benzene rings is 1. The Morgan fingerprint density at radius 3 is 2.34 bits per heavy atom. The van der Waals surface area contributed by atoms with Crippen LogP contribution in [0.1, 0.15) is 18.9 Å². The minimum atomic E-state index is -3.05. The van der Waals surface area contributed by atoms with Crippen LogP contribution < -0.4 is 0 Å². The lowest BCUT2D eigenvalue weighted by Crippen LogP contribution is -2.49. The minimum Gasteiger partial charge on any atom is -0.380 e. The first-order valence-electron chi connectivity index (χ1n) is 11.1. The summed E-state index contributed by atoms with van der Waals surface area (Å²) in [5.41, 5.74) is 1.41. The van der Waals surface area contributed by atoms with E-state index in [1.807, 2.05) is 6.92 Å². The normalized spacial score (nSPS) is 28.5. The Morgan fingerprint density at radius 2 is 1.69 bits per heavy atom. The average Bonchev–Trinajstić information content (AvgIpc) is 3.16. The molecule has 1 aromatic carbocycles. The Bertz CT molecular complexity index is 738. The molecule has 0 amide bonds. The van der Waals surface area contributed by atoms with Crippen LogP contribution in [0.15, 0.2) is 30.3 Å². The van der Waals surface area contributed by atoms with E-state index in [4.69, 9.17) is 4.74 Å². The van der Waals surface area contributed by atoms with Crippen molar-refractivity contribution < 1.29 is 13.2 Å². The van der Waals surface area contributed by atoms with E-state index < -0.39 is 10.0 Å². The summed E-state index contributed by atoms with van der Waals surface area (Å²) in [6, 6.07) is 10.7. The van der Waals surface area contributed by atoms with Crippen molar-refractivity contribution in [2.24, 2.45) is 17.8 Å². The molecule has 0 spiro atoms. The smallest absolute Gasteiger partial charge is 0.214 e. The van der Waals surface area contributed by atoms with Crippen molar-refractivity contribution in [3.63, 3.8) is 0 Å². The zero-order valence-corrected chi connectivity index (χ0v) is 18.4. The number of piperidine rings is 1. The van der Waals surface area contributed by atoms with Gasteiger partial charge in [0.15, 0.2) is 0 Å². The molecule has 2 atom stereocenters. The Balaban J connectivity index is 1.07. The van der Waals surface area contributed by atoms with Gasteiger partial charge in [0.25, 0.3) is 0 Å². The average molecular weight is 422 g/mol. The van der Waals surface area contributed by atoms with Crippen molar-refractivity contribution in [1.82, 2.24) is 14.1 Å². The van der Waals surface area contributed by atoms with Gasteiger partial charge in [-0.2, -0.15) is 4.31 Å². The van der Waals surface area contributed by atoms with Crippen LogP contribution in [-0.2, 0) is 21.3 Å². The Hall–Kier alpha value is -0.990. The van der Waals surface area contributed by atoms with Crippen LogP contribution >= 0.6 is 0 Å². The lowest BCUT2D eigenvalue weighted by Gasteiger charge is -2.33. The number of hydrogen-bond donors (Lipinski definition) is 0.